The van der Waals surface area contributed by atoms with Gasteiger partial charge in [0, 0.05) is 14.5 Å². The van der Waals surface area contributed by atoms with Crippen molar-refractivity contribution >= 4 is 43.4 Å². The maximum atomic E-state index is 13.1. The molecule has 128 valence electrons. The zero-order chi connectivity index (χ0) is 18.2. The molecular formula is C12H5Br2F7O2. The molecule has 0 spiro atoms. The van der Waals surface area contributed by atoms with Crippen molar-refractivity contribution in [2.24, 2.45) is 0 Å². The van der Waals surface area contributed by atoms with Crippen LogP contribution in [0.4, 0.5) is 30.7 Å². The largest absolute Gasteiger partial charge is 0.460 e. The van der Waals surface area contributed by atoms with Crippen molar-refractivity contribution in [3.8, 4) is 0 Å². The van der Waals surface area contributed by atoms with Crippen molar-refractivity contribution < 1.29 is 40.3 Å². The van der Waals surface area contributed by atoms with E-state index in [4.69, 9.17) is 0 Å². The maximum Gasteiger partial charge on any atom is 0.460 e. The Morgan fingerprint density at radius 3 is 1.70 bits per heavy atom. The number of Topliss-reactive ketones (excluding diaryl/α,β-unsaturated/α-hetero) is 2. The number of carbonyl (C=O) groups excluding carboxylic acids is 2. The molecule has 0 aliphatic rings. The molecule has 0 unspecified atom stereocenters. The van der Waals surface area contributed by atoms with Crippen molar-refractivity contribution in [2.45, 2.75) is 24.4 Å². The van der Waals surface area contributed by atoms with E-state index in [2.05, 4.69) is 31.9 Å². The molecule has 0 atom stereocenters. The van der Waals surface area contributed by atoms with Gasteiger partial charge in [-0.25, -0.2) is 0 Å². The minimum absolute atomic E-state index is 0.301. The summed E-state index contributed by atoms with van der Waals surface area (Å²) >= 11 is 5.92. The number of hydrogen-bond donors (Lipinski definition) is 0. The molecule has 0 heterocycles. The van der Waals surface area contributed by atoms with Crippen LogP contribution < -0.4 is 0 Å². The Kier molecular flexibility index (Phi) is 5.67. The zero-order valence-electron chi connectivity index (χ0n) is 10.7. The Morgan fingerprint density at radius 1 is 0.870 bits per heavy atom. The molecule has 1 aromatic rings. The molecule has 11 heteroatoms. The van der Waals surface area contributed by atoms with Gasteiger partial charge in [-0.3, -0.25) is 9.59 Å². The van der Waals surface area contributed by atoms with Crippen molar-refractivity contribution in [1.29, 1.82) is 0 Å². The van der Waals surface area contributed by atoms with E-state index in [-0.39, 0.29) is 5.56 Å². The van der Waals surface area contributed by atoms with Gasteiger partial charge < -0.3 is 0 Å². The lowest BCUT2D eigenvalue weighted by Crippen LogP contribution is -2.56. The minimum Gasteiger partial charge on any atom is -0.294 e. The van der Waals surface area contributed by atoms with Crippen LogP contribution in [0.15, 0.2) is 27.1 Å². The van der Waals surface area contributed by atoms with Crippen molar-refractivity contribution in [3.05, 3.63) is 32.7 Å². The summed E-state index contributed by atoms with van der Waals surface area (Å²) in [5.41, 5.74) is -0.314. The van der Waals surface area contributed by atoms with E-state index in [1.165, 1.54) is 6.07 Å². The number of rotatable bonds is 5. The average Bonchev–Trinajstić information content (AvgIpc) is 2.35. The van der Waals surface area contributed by atoms with Crippen LogP contribution in [0.25, 0.3) is 0 Å². The predicted octanol–water partition coefficient (Wildman–Crippen LogP) is 5.19. The van der Waals surface area contributed by atoms with Crippen LogP contribution in [-0.4, -0.2) is 29.6 Å². The first-order valence-corrected chi connectivity index (χ1v) is 7.13. The first-order chi connectivity index (χ1) is 10.2. The number of alkyl halides is 7. The first-order valence-electron chi connectivity index (χ1n) is 5.55. The fourth-order valence-corrected chi connectivity index (χ4v) is 2.72. The SMILES string of the molecule is O=C(CC(=O)C(F)(F)C(F)(F)C(F)(F)F)c1cc(Br)cc(Br)c1. The van der Waals surface area contributed by atoms with Crippen molar-refractivity contribution in [1.82, 2.24) is 0 Å². The Balaban J connectivity index is 3.04. The molecule has 0 radical (unpaired) electrons. The summed E-state index contributed by atoms with van der Waals surface area (Å²) in [4.78, 5) is 22.8. The van der Waals surface area contributed by atoms with Crippen LogP contribution in [-0.2, 0) is 4.79 Å². The quantitative estimate of drug-likeness (QED) is 0.335. The third-order valence-electron chi connectivity index (χ3n) is 2.61. The standard InChI is InChI=1S/C12H5Br2F7O2/c13-6-1-5(2-7(14)3-6)8(22)4-9(23)10(15,16)11(17,18)12(19,20)21/h1-3H,4H2. The van der Waals surface area contributed by atoms with Gasteiger partial charge in [-0.2, -0.15) is 30.7 Å². The van der Waals surface area contributed by atoms with E-state index in [0.717, 1.165) is 12.1 Å². The molecule has 0 amide bonds. The molecule has 0 aromatic heterocycles. The summed E-state index contributed by atoms with van der Waals surface area (Å²) < 4.78 is 88.2. The molecule has 0 N–H and O–H groups in total. The number of ketones is 2. The summed E-state index contributed by atoms with van der Waals surface area (Å²) in [7, 11) is 0. The van der Waals surface area contributed by atoms with E-state index in [1.54, 1.807) is 0 Å². The first kappa shape index (κ1) is 20.1. The van der Waals surface area contributed by atoms with Gasteiger partial charge in [-0.05, 0) is 18.2 Å². The summed E-state index contributed by atoms with van der Waals surface area (Å²) in [6.07, 6.45) is -8.43. The molecule has 0 saturated heterocycles. The van der Waals surface area contributed by atoms with Crippen LogP contribution in [0.2, 0.25) is 0 Å². The van der Waals surface area contributed by atoms with Gasteiger partial charge in [0.2, 0.25) is 5.78 Å². The molecule has 1 rings (SSSR count). The van der Waals surface area contributed by atoms with Gasteiger partial charge in [0.05, 0.1) is 6.42 Å². The van der Waals surface area contributed by atoms with Crippen LogP contribution in [0.3, 0.4) is 0 Å². The normalized spacial score (nSPS) is 13.1. The number of benzene rings is 1. The lowest BCUT2D eigenvalue weighted by atomic mass is 9.99. The lowest BCUT2D eigenvalue weighted by Gasteiger charge is -2.26. The van der Waals surface area contributed by atoms with Gasteiger partial charge in [-0.15, -0.1) is 0 Å². The molecule has 1 aromatic carbocycles. The van der Waals surface area contributed by atoms with Crippen LogP contribution in [0.5, 0.6) is 0 Å². The Morgan fingerprint density at radius 2 is 1.30 bits per heavy atom. The highest BCUT2D eigenvalue weighted by Gasteiger charge is 2.75. The second-order valence-corrected chi connectivity index (χ2v) is 6.16. The highest BCUT2D eigenvalue weighted by molar-refractivity contribution is 9.11. The average molecular weight is 474 g/mol. The molecule has 2 nitrogen and oxygen atoms in total. The molecule has 0 bridgehead atoms. The smallest absolute Gasteiger partial charge is 0.294 e. The number of carbonyl (C=O) groups is 2. The Bertz CT molecular complexity index is 621. The third-order valence-corrected chi connectivity index (χ3v) is 3.52. The Labute approximate surface area is 141 Å². The van der Waals surface area contributed by atoms with Crippen molar-refractivity contribution in [3.63, 3.8) is 0 Å². The van der Waals surface area contributed by atoms with E-state index in [9.17, 15) is 40.3 Å². The highest BCUT2D eigenvalue weighted by Crippen LogP contribution is 2.47. The second-order valence-electron chi connectivity index (χ2n) is 4.33. The molecule has 0 saturated carbocycles. The van der Waals surface area contributed by atoms with Gasteiger partial charge in [0.15, 0.2) is 5.78 Å². The monoisotopic (exact) mass is 472 g/mol. The fourth-order valence-electron chi connectivity index (χ4n) is 1.43. The minimum atomic E-state index is -6.63. The summed E-state index contributed by atoms with van der Waals surface area (Å²) in [5.74, 6) is -16.8. The summed E-state index contributed by atoms with van der Waals surface area (Å²) in [6, 6.07) is 3.64. The third kappa shape index (κ3) is 4.11. The Hall–Kier alpha value is -0.970. The lowest BCUT2D eigenvalue weighted by molar-refractivity contribution is -0.343. The fraction of sp³-hybridized carbons (Fsp3) is 0.333. The molecule has 23 heavy (non-hydrogen) atoms. The zero-order valence-corrected chi connectivity index (χ0v) is 13.8. The van der Waals surface area contributed by atoms with Crippen molar-refractivity contribution in [2.75, 3.05) is 0 Å². The van der Waals surface area contributed by atoms with E-state index >= 15 is 0 Å². The number of halogens is 9. The van der Waals surface area contributed by atoms with Gasteiger partial charge in [0.25, 0.3) is 0 Å². The van der Waals surface area contributed by atoms with Gasteiger partial charge in [0.1, 0.15) is 0 Å². The van der Waals surface area contributed by atoms with Gasteiger partial charge >= 0.3 is 18.0 Å². The highest BCUT2D eigenvalue weighted by atomic mass is 79.9. The predicted molar refractivity (Wildman–Crippen MR) is 71.7 cm³/mol. The second kappa shape index (κ2) is 6.50. The summed E-state index contributed by atoms with van der Waals surface area (Å²) in [5, 5.41) is 0. The van der Waals surface area contributed by atoms with Crippen LogP contribution >= 0.6 is 31.9 Å². The maximum absolute atomic E-state index is 13.1. The van der Waals surface area contributed by atoms with E-state index in [1.807, 2.05) is 0 Å². The van der Waals surface area contributed by atoms with Gasteiger partial charge in [-0.1, -0.05) is 31.9 Å². The molecule has 0 aliphatic carbocycles. The summed E-state index contributed by atoms with van der Waals surface area (Å²) in [6.45, 7) is 0. The van der Waals surface area contributed by atoms with Crippen LogP contribution in [0, 0.1) is 0 Å². The molecule has 0 fully saturated rings. The number of hydrogen-bond acceptors (Lipinski definition) is 2. The van der Waals surface area contributed by atoms with E-state index in [0.29, 0.717) is 8.95 Å². The topological polar surface area (TPSA) is 34.1 Å². The molecule has 0 aliphatic heterocycles. The molecular weight excluding hydrogens is 469 g/mol. The van der Waals surface area contributed by atoms with Crippen LogP contribution in [0.1, 0.15) is 16.8 Å². The van der Waals surface area contributed by atoms with E-state index < -0.39 is 36.0 Å².